The zero-order chi connectivity index (χ0) is 10.6. The van der Waals surface area contributed by atoms with Crippen LogP contribution in [0.5, 0.6) is 5.75 Å². The van der Waals surface area contributed by atoms with Crippen LogP contribution >= 0.6 is 15.9 Å². The molecule has 0 amide bonds. The lowest BCUT2D eigenvalue weighted by molar-refractivity contribution is 0.411. The number of alkyl halides is 1. The summed E-state index contributed by atoms with van der Waals surface area (Å²) in [6.45, 7) is -0.412. The minimum Gasteiger partial charge on any atom is -0.497 e. The molecule has 0 aliphatic carbocycles. The lowest BCUT2D eigenvalue weighted by atomic mass is 10.1. The van der Waals surface area contributed by atoms with Crippen LogP contribution in [0, 0.1) is 0 Å². The van der Waals surface area contributed by atoms with Crippen molar-refractivity contribution in [1.29, 1.82) is 0 Å². The minimum atomic E-state index is -0.412. The van der Waals surface area contributed by atoms with Gasteiger partial charge in [0.2, 0.25) is 0 Å². The number of hydrogen-bond acceptors (Lipinski definition) is 2. The molecule has 0 aliphatic rings. The first-order chi connectivity index (χ1) is 6.69. The number of hydrogen-bond donors (Lipinski definition) is 1. The number of halogens is 2. The standard InChI is InChI=1S/C10H13BrFNO/c1-14-7-2-3-9(11)8(6-7)10(13)4-5-12/h2-3,6,10H,4-5,13H2,1H3/t10-/m1/s1. The molecule has 0 saturated carbocycles. The summed E-state index contributed by atoms with van der Waals surface area (Å²) in [4.78, 5) is 0. The molecule has 0 bridgehead atoms. The molecule has 1 aromatic carbocycles. The maximum Gasteiger partial charge on any atom is 0.119 e. The quantitative estimate of drug-likeness (QED) is 0.905. The van der Waals surface area contributed by atoms with Crippen LogP contribution in [0.15, 0.2) is 22.7 Å². The van der Waals surface area contributed by atoms with E-state index in [2.05, 4.69) is 15.9 Å². The van der Waals surface area contributed by atoms with Gasteiger partial charge >= 0.3 is 0 Å². The highest BCUT2D eigenvalue weighted by Gasteiger charge is 2.10. The first-order valence-corrected chi connectivity index (χ1v) is 5.13. The van der Waals surface area contributed by atoms with E-state index in [0.717, 1.165) is 15.8 Å². The monoisotopic (exact) mass is 261 g/mol. The Morgan fingerprint density at radius 3 is 2.86 bits per heavy atom. The molecule has 0 radical (unpaired) electrons. The van der Waals surface area contributed by atoms with E-state index in [-0.39, 0.29) is 6.04 Å². The maximum atomic E-state index is 12.1. The molecule has 0 aromatic heterocycles. The summed E-state index contributed by atoms with van der Waals surface area (Å²) in [6.07, 6.45) is 0.325. The lowest BCUT2D eigenvalue weighted by Gasteiger charge is -2.13. The molecule has 0 aliphatic heterocycles. The van der Waals surface area contributed by atoms with Gasteiger partial charge in [-0.15, -0.1) is 0 Å². The summed E-state index contributed by atoms with van der Waals surface area (Å²) in [5.74, 6) is 0.734. The summed E-state index contributed by atoms with van der Waals surface area (Å²) in [5.41, 5.74) is 6.68. The summed E-state index contributed by atoms with van der Waals surface area (Å²) >= 11 is 3.37. The predicted octanol–water partition coefficient (Wildman–Crippen LogP) is 2.82. The van der Waals surface area contributed by atoms with Crippen molar-refractivity contribution >= 4 is 15.9 Å². The number of ether oxygens (including phenoxy) is 1. The van der Waals surface area contributed by atoms with Crippen molar-refractivity contribution in [1.82, 2.24) is 0 Å². The molecule has 2 nitrogen and oxygen atoms in total. The molecule has 0 spiro atoms. The fraction of sp³-hybridized carbons (Fsp3) is 0.400. The van der Waals surface area contributed by atoms with Crippen LogP contribution in [0.3, 0.4) is 0 Å². The van der Waals surface area contributed by atoms with E-state index in [1.54, 1.807) is 7.11 Å². The van der Waals surface area contributed by atoms with Crippen LogP contribution < -0.4 is 10.5 Å². The van der Waals surface area contributed by atoms with Gasteiger partial charge in [-0.05, 0) is 30.2 Å². The van der Waals surface area contributed by atoms with Crippen LogP contribution in [-0.4, -0.2) is 13.8 Å². The van der Waals surface area contributed by atoms with Crippen molar-refractivity contribution in [3.05, 3.63) is 28.2 Å². The molecule has 1 rings (SSSR count). The highest BCUT2D eigenvalue weighted by molar-refractivity contribution is 9.10. The second kappa shape index (κ2) is 5.32. The molecule has 14 heavy (non-hydrogen) atoms. The van der Waals surface area contributed by atoms with Gasteiger partial charge < -0.3 is 10.5 Å². The van der Waals surface area contributed by atoms with Gasteiger partial charge in [0.25, 0.3) is 0 Å². The molecule has 78 valence electrons. The second-order valence-corrected chi connectivity index (χ2v) is 3.83. The van der Waals surface area contributed by atoms with E-state index in [1.165, 1.54) is 0 Å². The van der Waals surface area contributed by atoms with Gasteiger partial charge in [0, 0.05) is 10.5 Å². The third-order valence-corrected chi connectivity index (χ3v) is 2.74. The average Bonchev–Trinajstić information content (AvgIpc) is 2.19. The highest BCUT2D eigenvalue weighted by Crippen LogP contribution is 2.28. The molecule has 1 aromatic rings. The van der Waals surface area contributed by atoms with Crippen LogP contribution in [0.2, 0.25) is 0 Å². The van der Waals surface area contributed by atoms with Gasteiger partial charge in [-0.2, -0.15) is 0 Å². The highest BCUT2D eigenvalue weighted by atomic mass is 79.9. The number of methoxy groups -OCH3 is 1. The Hall–Kier alpha value is -0.610. The van der Waals surface area contributed by atoms with Crippen LogP contribution in [0.25, 0.3) is 0 Å². The van der Waals surface area contributed by atoms with Crippen molar-refractivity contribution in [2.24, 2.45) is 5.73 Å². The van der Waals surface area contributed by atoms with Crippen LogP contribution in [0.4, 0.5) is 4.39 Å². The Morgan fingerprint density at radius 1 is 1.57 bits per heavy atom. The first-order valence-electron chi connectivity index (χ1n) is 4.34. The van der Waals surface area contributed by atoms with E-state index < -0.39 is 6.67 Å². The Kier molecular flexibility index (Phi) is 4.35. The first kappa shape index (κ1) is 11.5. The van der Waals surface area contributed by atoms with E-state index >= 15 is 0 Å². The number of nitrogens with two attached hydrogens (primary N) is 1. The maximum absolute atomic E-state index is 12.1. The van der Waals surface area contributed by atoms with Gasteiger partial charge in [-0.1, -0.05) is 15.9 Å². The Balaban J connectivity index is 2.93. The summed E-state index contributed by atoms with van der Waals surface area (Å²) in [7, 11) is 1.59. The van der Waals surface area contributed by atoms with Crippen LogP contribution in [0.1, 0.15) is 18.0 Å². The van der Waals surface area contributed by atoms with Gasteiger partial charge in [0.1, 0.15) is 5.75 Å². The second-order valence-electron chi connectivity index (χ2n) is 2.97. The molecule has 0 fully saturated rings. The molecular weight excluding hydrogens is 249 g/mol. The van der Waals surface area contributed by atoms with Crippen molar-refractivity contribution in [3.8, 4) is 5.75 Å². The van der Waals surface area contributed by atoms with Gasteiger partial charge in [0.15, 0.2) is 0 Å². The fourth-order valence-corrected chi connectivity index (χ4v) is 1.75. The van der Waals surface area contributed by atoms with Crippen LogP contribution in [-0.2, 0) is 0 Å². The molecule has 0 unspecified atom stereocenters. The number of rotatable bonds is 4. The average molecular weight is 262 g/mol. The van der Waals surface area contributed by atoms with Crippen molar-refractivity contribution in [2.45, 2.75) is 12.5 Å². The van der Waals surface area contributed by atoms with Crippen molar-refractivity contribution < 1.29 is 9.13 Å². The van der Waals surface area contributed by atoms with E-state index in [4.69, 9.17) is 10.5 Å². The minimum absolute atomic E-state index is 0.288. The topological polar surface area (TPSA) is 35.2 Å². The van der Waals surface area contributed by atoms with E-state index in [1.807, 2.05) is 18.2 Å². The normalized spacial score (nSPS) is 12.6. The zero-order valence-electron chi connectivity index (χ0n) is 7.97. The Morgan fingerprint density at radius 2 is 2.29 bits per heavy atom. The molecule has 2 N–H and O–H groups in total. The smallest absolute Gasteiger partial charge is 0.119 e. The molecule has 1 atom stereocenters. The third kappa shape index (κ3) is 2.69. The molecule has 0 heterocycles. The van der Waals surface area contributed by atoms with E-state index in [9.17, 15) is 4.39 Å². The van der Waals surface area contributed by atoms with Gasteiger partial charge in [0.05, 0.1) is 13.8 Å². The SMILES string of the molecule is COc1ccc(Br)c([C@H](N)CCF)c1. The predicted molar refractivity (Wildman–Crippen MR) is 58.2 cm³/mol. The number of benzene rings is 1. The lowest BCUT2D eigenvalue weighted by Crippen LogP contribution is -2.11. The summed E-state index contributed by atoms with van der Waals surface area (Å²) in [5, 5.41) is 0. The van der Waals surface area contributed by atoms with Crippen molar-refractivity contribution in [3.63, 3.8) is 0 Å². The molecular formula is C10H13BrFNO. The largest absolute Gasteiger partial charge is 0.497 e. The Labute approximate surface area is 91.4 Å². The molecule has 4 heteroatoms. The fourth-order valence-electron chi connectivity index (χ4n) is 1.21. The van der Waals surface area contributed by atoms with Gasteiger partial charge in [-0.25, -0.2) is 0 Å². The Bertz CT molecular complexity index is 306. The third-order valence-electron chi connectivity index (χ3n) is 2.02. The van der Waals surface area contributed by atoms with Crippen molar-refractivity contribution in [2.75, 3.05) is 13.8 Å². The van der Waals surface area contributed by atoms with E-state index in [0.29, 0.717) is 6.42 Å². The molecule has 0 saturated heterocycles. The summed E-state index contributed by atoms with van der Waals surface area (Å²) < 4.78 is 18.1. The summed E-state index contributed by atoms with van der Waals surface area (Å²) in [6, 6.07) is 5.22. The zero-order valence-corrected chi connectivity index (χ0v) is 9.55. The van der Waals surface area contributed by atoms with Gasteiger partial charge in [-0.3, -0.25) is 4.39 Å².